The Morgan fingerprint density at radius 1 is 1.05 bits per heavy atom. The molecule has 0 radical (unpaired) electrons. The molecule has 2 aromatic rings. The van der Waals surface area contributed by atoms with E-state index in [0.29, 0.717) is 75.1 Å². The molecular formula is C28H35BrN4O5S. The van der Waals surface area contributed by atoms with Crippen molar-refractivity contribution in [2.45, 2.75) is 37.5 Å². The Morgan fingerprint density at radius 2 is 1.79 bits per heavy atom. The average molecular weight is 620 g/mol. The molecule has 3 heterocycles. The van der Waals surface area contributed by atoms with Gasteiger partial charge in [-0.2, -0.15) is 4.31 Å². The van der Waals surface area contributed by atoms with Crippen LogP contribution in [-0.2, 0) is 26.0 Å². The number of hydrogen-bond donors (Lipinski definition) is 0. The Balaban J connectivity index is 1.31. The summed E-state index contributed by atoms with van der Waals surface area (Å²) in [7, 11) is -2.26. The minimum absolute atomic E-state index is 0.0110. The Hall–Kier alpha value is -2.63. The molecule has 3 aliphatic heterocycles. The van der Waals surface area contributed by atoms with Gasteiger partial charge < -0.3 is 19.4 Å². The number of fused-ring (bicyclic) bond motifs is 1. The second-order valence-corrected chi connectivity index (χ2v) is 13.1. The van der Waals surface area contributed by atoms with E-state index in [1.54, 1.807) is 25.0 Å². The van der Waals surface area contributed by atoms with E-state index in [1.807, 2.05) is 35.2 Å². The number of piperidine rings is 1. The molecule has 0 aliphatic carbocycles. The normalized spacial score (nSPS) is 20.2. The third-order valence-corrected chi connectivity index (χ3v) is 10.3. The summed E-state index contributed by atoms with van der Waals surface area (Å²) >= 11 is 3.47. The SMILES string of the molecule is CCC(=O)N1CCc2cc(Br)cc(S(=O)(=O)N3CCC[C@@H](C(=O)N4CCN(c5ccccc5OC)CC4)C3)c21. The molecule has 0 bridgehead atoms. The second-order valence-electron chi connectivity index (χ2n) is 10.2. The van der Waals surface area contributed by atoms with Gasteiger partial charge in [0.1, 0.15) is 10.6 Å². The van der Waals surface area contributed by atoms with Crippen LogP contribution in [0, 0.1) is 5.92 Å². The van der Waals surface area contributed by atoms with Gasteiger partial charge in [-0.1, -0.05) is 35.0 Å². The summed E-state index contributed by atoms with van der Waals surface area (Å²) in [4.78, 5) is 32.0. The van der Waals surface area contributed by atoms with Gasteiger partial charge in [0.15, 0.2) is 0 Å². The number of halogens is 1. The Labute approximate surface area is 238 Å². The lowest BCUT2D eigenvalue weighted by molar-refractivity contribution is -0.137. The van der Waals surface area contributed by atoms with E-state index in [2.05, 4.69) is 20.8 Å². The summed E-state index contributed by atoms with van der Waals surface area (Å²) in [5.41, 5.74) is 2.35. The molecule has 0 unspecified atom stereocenters. The predicted octanol–water partition coefficient (Wildman–Crippen LogP) is 3.51. The molecule has 0 aromatic heterocycles. The molecule has 5 rings (SSSR count). The smallest absolute Gasteiger partial charge is 0.245 e. The van der Waals surface area contributed by atoms with E-state index in [4.69, 9.17) is 4.74 Å². The van der Waals surface area contributed by atoms with E-state index >= 15 is 0 Å². The van der Waals surface area contributed by atoms with E-state index in [1.165, 1.54) is 4.31 Å². The van der Waals surface area contributed by atoms with Gasteiger partial charge in [-0.05, 0) is 49.1 Å². The molecule has 210 valence electrons. The number of piperazine rings is 1. The van der Waals surface area contributed by atoms with Crippen LogP contribution < -0.4 is 14.5 Å². The lowest BCUT2D eigenvalue weighted by atomic mass is 9.97. The average Bonchev–Trinajstić information content (AvgIpc) is 3.39. The molecule has 11 heteroatoms. The predicted molar refractivity (Wildman–Crippen MR) is 154 cm³/mol. The number of methoxy groups -OCH3 is 1. The largest absolute Gasteiger partial charge is 0.495 e. The van der Waals surface area contributed by atoms with E-state index < -0.39 is 10.0 Å². The number of ether oxygens (including phenoxy) is 1. The zero-order valence-electron chi connectivity index (χ0n) is 22.4. The van der Waals surface area contributed by atoms with Gasteiger partial charge in [0.05, 0.1) is 24.4 Å². The summed E-state index contributed by atoms with van der Waals surface area (Å²) < 4.78 is 35.6. The van der Waals surface area contributed by atoms with Gasteiger partial charge in [0.2, 0.25) is 21.8 Å². The molecule has 2 aromatic carbocycles. The fourth-order valence-corrected chi connectivity index (χ4v) is 8.37. The number of amides is 2. The van der Waals surface area contributed by atoms with Crippen LogP contribution in [0.1, 0.15) is 31.7 Å². The number of carbonyl (C=O) groups is 2. The topological polar surface area (TPSA) is 90.5 Å². The molecule has 2 saturated heterocycles. The number of carbonyl (C=O) groups excluding carboxylic acids is 2. The maximum Gasteiger partial charge on any atom is 0.245 e. The molecule has 3 aliphatic rings. The first-order chi connectivity index (χ1) is 18.7. The van der Waals surface area contributed by atoms with E-state index in [0.717, 1.165) is 17.0 Å². The van der Waals surface area contributed by atoms with Crippen LogP contribution in [0.4, 0.5) is 11.4 Å². The molecular weight excluding hydrogens is 584 g/mol. The fourth-order valence-electron chi connectivity index (χ4n) is 5.92. The quantitative estimate of drug-likeness (QED) is 0.492. The van der Waals surface area contributed by atoms with Crippen molar-refractivity contribution in [1.82, 2.24) is 9.21 Å². The van der Waals surface area contributed by atoms with E-state index in [-0.39, 0.29) is 29.2 Å². The van der Waals surface area contributed by atoms with Crippen LogP contribution in [0.2, 0.25) is 0 Å². The molecule has 0 spiro atoms. The van der Waals surface area contributed by atoms with Gasteiger partial charge in [-0.25, -0.2) is 8.42 Å². The molecule has 2 amide bonds. The Morgan fingerprint density at radius 3 is 2.51 bits per heavy atom. The number of para-hydroxylation sites is 2. The zero-order chi connectivity index (χ0) is 27.7. The van der Waals surface area contributed by atoms with Crippen molar-refractivity contribution >= 4 is 49.1 Å². The molecule has 0 N–H and O–H groups in total. The number of rotatable bonds is 6. The molecule has 9 nitrogen and oxygen atoms in total. The first kappa shape index (κ1) is 27.9. The molecule has 0 saturated carbocycles. The molecule has 1 atom stereocenters. The fraction of sp³-hybridized carbons (Fsp3) is 0.500. The zero-order valence-corrected chi connectivity index (χ0v) is 24.8. The Bertz CT molecular complexity index is 1360. The van der Waals surface area contributed by atoms with Crippen molar-refractivity contribution < 1.29 is 22.7 Å². The van der Waals surface area contributed by atoms with Gasteiger partial charge in [-0.15, -0.1) is 0 Å². The molecule has 2 fully saturated rings. The number of anilines is 2. The van der Waals surface area contributed by atoms with Crippen LogP contribution in [0.15, 0.2) is 45.8 Å². The summed E-state index contributed by atoms with van der Waals surface area (Å²) in [6, 6.07) is 11.4. The monoisotopic (exact) mass is 618 g/mol. The lowest BCUT2D eigenvalue weighted by Crippen LogP contribution is -2.53. The Kier molecular flexibility index (Phi) is 8.21. The van der Waals surface area contributed by atoms with Crippen LogP contribution in [0.25, 0.3) is 0 Å². The van der Waals surface area contributed by atoms with Crippen LogP contribution >= 0.6 is 15.9 Å². The lowest BCUT2D eigenvalue weighted by Gasteiger charge is -2.39. The van der Waals surface area contributed by atoms with Crippen molar-refractivity contribution in [3.05, 3.63) is 46.4 Å². The standard InChI is InChI=1S/C28H35BrN4O5S/c1-3-26(34)33-12-10-20-17-22(29)18-25(27(20)33)39(36,37)32-11-6-7-21(19-32)28(35)31-15-13-30(14-16-31)23-8-4-5-9-24(23)38-2/h4-5,8-9,17-18,21H,3,6-7,10-16,19H2,1-2H3/t21-/m1/s1. The van der Waals surface area contributed by atoms with Crippen LogP contribution in [0.3, 0.4) is 0 Å². The minimum Gasteiger partial charge on any atom is -0.495 e. The minimum atomic E-state index is -3.92. The second kappa shape index (κ2) is 11.5. The van der Waals surface area contributed by atoms with Crippen molar-refractivity contribution in [1.29, 1.82) is 0 Å². The van der Waals surface area contributed by atoms with Crippen molar-refractivity contribution in [2.24, 2.45) is 5.92 Å². The summed E-state index contributed by atoms with van der Waals surface area (Å²) in [5.74, 6) is 0.340. The highest BCUT2D eigenvalue weighted by Crippen LogP contribution is 2.40. The first-order valence-corrected chi connectivity index (χ1v) is 15.8. The number of benzene rings is 2. The summed E-state index contributed by atoms with van der Waals surface area (Å²) in [6.45, 7) is 5.29. The number of hydrogen-bond acceptors (Lipinski definition) is 6. The highest BCUT2D eigenvalue weighted by Gasteiger charge is 2.39. The maximum absolute atomic E-state index is 14.0. The van der Waals surface area contributed by atoms with Crippen molar-refractivity contribution in [2.75, 3.05) is 62.7 Å². The van der Waals surface area contributed by atoms with Crippen LogP contribution in [0.5, 0.6) is 5.75 Å². The highest BCUT2D eigenvalue weighted by molar-refractivity contribution is 9.10. The van der Waals surface area contributed by atoms with Crippen molar-refractivity contribution in [3.63, 3.8) is 0 Å². The maximum atomic E-state index is 14.0. The summed E-state index contributed by atoms with van der Waals surface area (Å²) in [5, 5.41) is 0. The highest BCUT2D eigenvalue weighted by atomic mass is 79.9. The summed E-state index contributed by atoms with van der Waals surface area (Å²) in [6.07, 6.45) is 2.20. The van der Waals surface area contributed by atoms with E-state index in [9.17, 15) is 18.0 Å². The molecule has 39 heavy (non-hydrogen) atoms. The number of nitrogens with zero attached hydrogens (tertiary/aromatic N) is 4. The van der Waals surface area contributed by atoms with Gasteiger partial charge >= 0.3 is 0 Å². The first-order valence-electron chi connectivity index (χ1n) is 13.5. The van der Waals surface area contributed by atoms with Gasteiger partial charge in [-0.3, -0.25) is 9.59 Å². The number of sulfonamides is 1. The van der Waals surface area contributed by atoms with Gasteiger partial charge in [0.25, 0.3) is 0 Å². The van der Waals surface area contributed by atoms with Gasteiger partial charge in [0, 0.05) is 56.7 Å². The van der Waals surface area contributed by atoms with Crippen LogP contribution in [-0.4, -0.2) is 82.4 Å². The third-order valence-electron chi connectivity index (χ3n) is 7.97. The third kappa shape index (κ3) is 5.40. The van der Waals surface area contributed by atoms with Crippen molar-refractivity contribution in [3.8, 4) is 5.75 Å².